The molecule has 0 saturated heterocycles. The van der Waals surface area contributed by atoms with Crippen molar-refractivity contribution in [3.05, 3.63) is 68.2 Å². The molecule has 0 radical (unpaired) electrons. The van der Waals surface area contributed by atoms with E-state index in [2.05, 4.69) is 37.2 Å². The molecule has 0 unspecified atom stereocenters. The van der Waals surface area contributed by atoms with Gasteiger partial charge in [-0.1, -0.05) is 18.2 Å². The molecule has 0 atom stereocenters. The van der Waals surface area contributed by atoms with Crippen LogP contribution in [0.2, 0.25) is 0 Å². The van der Waals surface area contributed by atoms with Crippen LogP contribution in [0.15, 0.2) is 57.1 Å². The zero-order valence-electron chi connectivity index (χ0n) is 14.1. The van der Waals surface area contributed by atoms with Crippen LogP contribution in [-0.2, 0) is 4.79 Å². The number of ether oxygens (including phenoxy) is 1. The van der Waals surface area contributed by atoms with Gasteiger partial charge in [0.15, 0.2) is 0 Å². The zero-order chi connectivity index (χ0) is 19.3. The maximum atomic E-state index is 12.2. The standard InChI is InChI=1S/C19H17Br2NO4/c1-11(2)26-17-14(20)8-12(9-15(17)21)10-16(19(24)25)22-18(23)13-6-4-3-5-7-13/h3-11H,1-2H3,(H,22,23)(H,24,25)/b16-10+. The highest BCUT2D eigenvalue weighted by molar-refractivity contribution is 9.11. The molecule has 0 heterocycles. The van der Waals surface area contributed by atoms with Crippen LogP contribution in [-0.4, -0.2) is 23.1 Å². The number of carbonyl (C=O) groups excluding carboxylic acids is 1. The minimum atomic E-state index is -1.23. The molecule has 0 saturated carbocycles. The number of rotatable bonds is 6. The molecule has 0 aliphatic rings. The fourth-order valence-corrected chi connectivity index (χ4v) is 3.52. The first-order valence-corrected chi connectivity index (χ1v) is 9.33. The van der Waals surface area contributed by atoms with Gasteiger partial charge in [-0.3, -0.25) is 4.79 Å². The van der Waals surface area contributed by atoms with E-state index >= 15 is 0 Å². The second kappa shape index (κ2) is 9.00. The minimum absolute atomic E-state index is 0.0104. The van der Waals surface area contributed by atoms with Crippen molar-refractivity contribution in [2.24, 2.45) is 0 Å². The van der Waals surface area contributed by atoms with E-state index in [9.17, 15) is 14.7 Å². The van der Waals surface area contributed by atoms with Crippen LogP contribution in [0, 0.1) is 0 Å². The van der Waals surface area contributed by atoms with Crippen LogP contribution in [0.5, 0.6) is 5.75 Å². The number of benzene rings is 2. The number of carboxylic acid groups (broad SMARTS) is 1. The molecule has 26 heavy (non-hydrogen) atoms. The fourth-order valence-electron chi connectivity index (χ4n) is 2.11. The van der Waals surface area contributed by atoms with Gasteiger partial charge in [-0.2, -0.15) is 0 Å². The van der Waals surface area contributed by atoms with Crippen molar-refractivity contribution < 1.29 is 19.4 Å². The van der Waals surface area contributed by atoms with Crippen molar-refractivity contribution in [1.82, 2.24) is 5.32 Å². The third-order valence-electron chi connectivity index (χ3n) is 3.20. The van der Waals surface area contributed by atoms with E-state index in [1.165, 1.54) is 6.08 Å². The smallest absolute Gasteiger partial charge is 0.352 e. The largest absolute Gasteiger partial charge is 0.489 e. The van der Waals surface area contributed by atoms with Gasteiger partial charge in [0, 0.05) is 5.56 Å². The quantitative estimate of drug-likeness (QED) is 0.577. The average molecular weight is 483 g/mol. The van der Waals surface area contributed by atoms with E-state index in [0.717, 1.165) is 0 Å². The Labute approximate surface area is 168 Å². The SMILES string of the molecule is CC(C)Oc1c(Br)cc(/C=C(/NC(=O)c2ccccc2)C(=O)O)cc1Br. The van der Waals surface area contributed by atoms with Crippen molar-refractivity contribution in [2.45, 2.75) is 20.0 Å². The molecule has 2 aromatic rings. The molecule has 1 amide bonds. The predicted octanol–water partition coefficient (Wildman–Crippen LogP) is 4.85. The topological polar surface area (TPSA) is 75.6 Å². The van der Waals surface area contributed by atoms with E-state index in [4.69, 9.17) is 4.74 Å². The van der Waals surface area contributed by atoms with Gasteiger partial charge >= 0.3 is 5.97 Å². The summed E-state index contributed by atoms with van der Waals surface area (Å²) in [5, 5.41) is 11.8. The Hall–Kier alpha value is -2.12. The van der Waals surface area contributed by atoms with Crippen LogP contribution < -0.4 is 10.1 Å². The van der Waals surface area contributed by atoms with E-state index < -0.39 is 11.9 Å². The number of carboxylic acids is 1. The second-order valence-corrected chi connectivity index (χ2v) is 7.37. The number of hydrogen-bond acceptors (Lipinski definition) is 3. The summed E-state index contributed by atoms with van der Waals surface area (Å²) in [4.78, 5) is 23.7. The van der Waals surface area contributed by atoms with Gasteiger partial charge in [-0.25, -0.2) is 4.79 Å². The third-order valence-corrected chi connectivity index (χ3v) is 4.38. The average Bonchev–Trinajstić information content (AvgIpc) is 2.58. The molecule has 0 fully saturated rings. The van der Waals surface area contributed by atoms with Gasteiger partial charge in [0.1, 0.15) is 11.4 Å². The van der Waals surface area contributed by atoms with Gasteiger partial charge in [-0.05, 0) is 81.6 Å². The zero-order valence-corrected chi connectivity index (χ0v) is 17.3. The summed E-state index contributed by atoms with van der Waals surface area (Å²) >= 11 is 6.84. The first-order chi connectivity index (χ1) is 12.3. The number of carbonyl (C=O) groups is 2. The van der Waals surface area contributed by atoms with Crippen LogP contribution in [0.4, 0.5) is 0 Å². The molecule has 0 spiro atoms. The van der Waals surface area contributed by atoms with Crippen molar-refractivity contribution >= 4 is 49.8 Å². The fraction of sp³-hybridized carbons (Fsp3) is 0.158. The molecular formula is C19H17Br2NO4. The first-order valence-electron chi connectivity index (χ1n) is 7.75. The van der Waals surface area contributed by atoms with E-state index in [1.807, 2.05) is 13.8 Å². The Morgan fingerprint density at radius 3 is 2.19 bits per heavy atom. The van der Waals surface area contributed by atoms with Gasteiger partial charge in [0.2, 0.25) is 0 Å². The molecule has 0 aliphatic heterocycles. The Morgan fingerprint density at radius 1 is 1.12 bits per heavy atom. The van der Waals surface area contributed by atoms with Crippen molar-refractivity contribution in [3.8, 4) is 5.75 Å². The highest BCUT2D eigenvalue weighted by Crippen LogP contribution is 2.36. The Balaban J connectivity index is 2.31. The van der Waals surface area contributed by atoms with Gasteiger partial charge in [-0.15, -0.1) is 0 Å². The van der Waals surface area contributed by atoms with Gasteiger partial charge in [0.25, 0.3) is 5.91 Å². The normalized spacial score (nSPS) is 11.3. The maximum absolute atomic E-state index is 12.2. The van der Waals surface area contributed by atoms with E-state index in [0.29, 0.717) is 25.8 Å². The van der Waals surface area contributed by atoms with Crippen LogP contribution in [0.3, 0.4) is 0 Å². The minimum Gasteiger partial charge on any atom is -0.489 e. The molecule has 7 heteroatoms. The van der Waals surface area contributed by atoms with Crippen LogP contribution in [0.1, 0.15) is 29.8 Å². The van der Waals surface area contributed by atoms with Crippen molar-refractivity contribution in [3.63, 3.8) is 0 Å². The lowest BCUT2D eigenvalue weighted by atomic mass is 10.1. The molecular weight excluding hydrogens is 466 g/mol. The molecule has 2 N–H and O–H groups in total. The summed E-state index contributed by atoms with van der Waals surface area (Å²) in [6.45, 7) is 3.82. The molecule has 2 aromatic carbocycles. The first kappa shape index (κ1) is 20.2. The summed E-state index contributed by atoms with van der Waals surface area (Å²) in [6.07, 6.45) is 1.38. The summed E-state index contributed by atoms with van der Waals surface area (Å²) in [6, 6.07) is 11.9. The molecule has 0 aliphatic carbocycles. The lowest BCUT2D eigenvalue weighted by molar-refractivity contribution is -0.132. The Kier molecular flexibility index (Phi) is 6.99. The lowest BCUT2D eigenvalue weighted by Gasteiger charge is -2.14. The maximum Gasteiger partial charge on any atom is 0.352 e. The number of amides is 1. The highest BCUT2D eigenvalue weighted by Gasteiger charge is 2.15. The van der Waals surface area contributed by atoms with Crippen molar-refractivity contribution in [1.29, 1.82) is 0 Å². The Morgan fingerprint density at radius 2 is 1.69 bits per heavy atom. The number of aliphatic carboxylic acids is 1. The molecule has 2 rings (SSSR count). The highest BCUT2D eigenvalue weighted by atomic mass is 79.9. The molecule has 0 bridgehead atoms. The van der Waals surface area contributed by atoms with Gasteiger partial charge < -0.3 is 15.2 Å². The van der Waals surface area contributed by atoms with Crippen molar-refractivity contribution in [2.75, 3.05) is 0 Å². The summed E-state index contributed by atoms with van der Waals surface area (Å²) in [5.74, 6) is -1.09. The molecule has 0 aromatic heterocycles. The number of nitrogens with one attached hydrogen (secondary N) is 1. The summed E-state index contributed by atoms with van der Waals surface area (Å²) in [7, 11) is 0. The third kappa shape index (κ3) is 5.44. The second-order valence-electron chi connectivity index (χ2n) is 5.66. The molecule has 5 nitrogen and oxygen atoms in total. The Bertz CT molecular complexity index is 825. The van der Waals surface area contributed by atoms with E-state index in [1.54, 1.807) is 42.5 Å². The summed E-state index contributed by atoms with van der Waals surface area (Å²) in [5.41, 5.74) is 0.739. The lowest BCUT2D eigenvalue weighted by Crippen LogP contribution is -2.27. The van der Waals surface area contributed by atoms with Crippen LogP contribution in [0.25, 0.3) is 6.08 Å². The summed E-state index contributed by atoms with van der Waals surface area (Å²) < 4.78 is 7.05. The molecule has 136 valence electrons. The van der Waals surface area contributed by atoms with E-state index in [-0.39, 0.29) is 11.8 Å². The van der Waals surface area contributed by atoms with Crippen LogP contribution >= 0.6 is 31.9 Å². The number of hydrogen-bond donors (Lipinski definition) is 2. The predicted molar refractivity (Wildman–Crippen MR) is 107 cm³/mol. The monoisotopic (exact) mass is 481 g/mol. The van der Waals surface area contributed by atoms with Gasteiger partial charge in [0.05, 0.1) is 15.0 Å². The number of halogens is 2.